The Morgan fingerprint density at radius 1 is 1.00 bits per heavy atom. The summed E-state index contributed by atoms with van der Waals surface area (Å²) < 4.78 is 0. The molecule has 0 unspecified atom stereocenters. The van der Waals surface area contributed by atoms with Crippen molar-refractivity contribution in [1.82, 2.24) is 4.98 Å². The van der Waals surface area contributed by atoms with Gasteiger partial charge in [0.15, 0.2) is 5.78 Å². The second-order valence-corrected chi connectivity index (χ2v) is 6.08. The van der Waals surface area contributed by atoms with Crippen LogP contribution in [-0.4, -0.2) is 10.8 Å². The molecular weight excluding hydrogens is 282 g/mol. The number of para-hydroxylation sites is 1. The number of carbonyl (C=O) groups is 1. The molecule has 0 bridgehead atoms. The van der Waals surface area contributed by atoms with E-state index >= 15 is 0 Å². The van der Waals surface area contributed by atoms with E-state index in [4.69, 9.17) is 0 Å². The fraction of sp³-hybridized carbons (Fsp3) is 0.143. The lowest BCUT2D eigenvalue weighted by Gasteiger charge is -2.17. The lowest BCUT2D eigenvalue weighted by Crippen LogP contribution is -2.15. The van der Waals surface area contributed by atoms with E-state index in [2.05, 4.69) is 36.2 Å². The number of pyridine rings is 1. The molecule has 0 saturated carbocycles. The Labute approximate surface area is 135 Å². The minimum absolute atomic E-state index is 0.116. The van der Waals surface area contributed by atoms with Gasteiger partial charge in [-0.1, -0.05) is 48.0 Å². The van der Waals surface area contributed by atoms with Crippen molar-refractivity contribution in [2.75, 3.05) is 0 Å². The highest BCUT2D eigenvalue weighted by Gasteiger charge is 2.23. The van der Waals surface area contributed by atoms with E-state index in [9.17, 15) is 4.79 Å². The van der Waals surface area contributed by atoms with Gasteiger partial charge in [-0.3, -0.25) is 9.78 Å². The van der Waals surface area contributed by atoms with Gasteiger partial charge in [-0.25, -0.2) is 0 Å². The Balaban J connectivity index is 1.76. The van der Waals surface area contributed by atoms with E-state index in [0.29, 0.717) is 0 Å². The van der Waals surface area contributed by atoms with Crippen molar-refractivity contribution in [3.05, 3.63) is 82.6 Å². The summed E-state index contributed by atoms with van der Waals surface area (Å²) in [7, 11) is 0. The molecule has 0 spiro atoms. The molecule has 2 heteroatoms. The van der Waals surface area contributed by atoms with Gasteiger partial charge in [0.25, 0.3) is 0 Å². The predicted octanol–water partition coefficient (Wildman–Crippen LogP) is 4.76. The molecule has 1 aliphatic carbocycles. The normalized spacial score (nSPS) is 15.9. The Bertz CT molecular complexity index is 936. The summed E-state index contributed by atoms with van der Waals surface area (Å²) in [6.45, 7) is 2.07. The van der Waals surface area contributed by atoms with Crippen molar-refractivity contribution < 1.29 is 4.79 Å². The van der Waals surface area contributed by atoms with Gasteiger partial charge in [0.1, 0.15) is 0 Å². The van der Waals surface area contributed by atoms with Gasteiger partial charge in [0, 0.05) is 16.5 Å². The summed E-state index contributed by atoms with van der Waals surface area (Å²) in [6, 6.07) is 18.2. The first-order valence-corrected chi connectivity index (χ1v) is 7.91. The van der Waals surface area contributed by atoms with Crippen LogP contribution in [0.15, 0.2) is 60.2 Å². The van der Waals surface area contributed by atoms with Crippen LogP contribution in [0.1, 0.15) is 33.6 Å². The van der Waals surface area contributed by atoms with Crippen molar-refractivity contribution in [3.8, 4) is 0 Å². The van der Waals surface area contributed by atoms with Gasteiger partial charge in [0.2, 0.25) is 0 Å². The zero-order valence-corrected chi connectivity index (χ0v) is 13.0. The molecular formula is C21H17NO. The molecule has 1 aliphatic rings. The second-order valence-electron chi connectivity index (χ2n) is 6.08. The fourth-order valence-electron chi connectivity index (χ4n) is 3.08. The average molecular weight is 299 g/mol. The number of aromatic nitrogens is 1. The van der Waals surface area contributed by atoms with Crippen LogP contribution in [-0.2, 0) is 6.42 Å². The topological polar surface area (TPSA) is 30.0 Å². The molecule has 2 aromatic carbocycles. The monoisotopic (exact) mass is 299 g/mol. The third kappa shape index (κ3) is 2.57. The number of ketones is 1. The molecule has 0 saturated heterocycles. The molecule has 23 heavy (non-hydrogen) atoms. The van der Waals surface area contributed by atoms with Crippen LogP contribution in [0.25, 0.3) is 17.0 Å². The van der Waals surface area contributed by atoms with Gasteiger partial charge < -0.3 is 0 Å². The Hall–Kier alpha value is -2.74. The molecule has 112 valence electrons. The second kappa shape index (κ2) is 5.47. The number of aryl methyl sites for hydroxylation is 2. The number of hydrogen-bond donors (Lipinski definition) is 0. The van der Waals surface area contributed by atoms with Crippen LogP contribution < -0.4 is 0 Å². The molecule has 0 atom stereocenters. The smallest absolute Gasteiger partial charge is 0.190 e. The lowest BCUT2D eigenvalue weighted by molar-refractivity contribution is 0.102. The summed E-state index contributed by atoms with van der Waals surface area (Å²) in [5.41, 5.74) is 5.82. The number of fused-ring (bicyclic) bond motifs is 2. The molecule has 0 amide bonds. The highest BCUT2D eigenvalue weighted by Crippen LogP contribution is 2.28. The summed E-state index contributed by atoms with van der Waals surface area (Å²) in [5, 5.41) is 1.02. The van der Waals surface area contributed by atoms with Crippen molar-refractivity contribution >= 4 is 22.8 Å². The van der Waals surface area contributed by atoms with Crippen molar-refractivity contribution in [2.45, 2.75) is 19.8 Å². The molecule has 1 heterocycles. The number of nitrogens with zero attached hydrogens (tertiary/aromatic N) is 1. The van der Waals surface area contributed by atoms with Crippen molar-refractivity contribution in [1.29, 1.82) is 0 Å². The van der Waals surface area contributed by atoms with Gasteiger partial charge in [-0.15, -0.1) is 0 Å². The Morgan fingerprint density at radius 2 is 1.78 bits per heavy atom. The predicted molar refractivity (Wildman–Crippen MR) is 93.6 cm³/mol. The molecule has 0 aliphatic heterocycles. The first-order chi connectivity index (χ1) is 11.2. The van der Waals surface area contributed by atoms with Crippen LogP contribution in [0.5, 0.6) is 0 Å². The highest BCUT2D eigenvalue weighted by molar-refractivity contribution is 6.14. The molecule has 4 rings (SSSR count). The number of carbonyl (C=O) groups excluding carboxylic acids is 1. The van der Waals surface area contributed by atoms with Crippen LogP contribution in [0, 0.1) is 6.92 Å². The van der Waals surface area contributed by atoms with E-state index in [1.165, 1.54) is 5.56 Å². The van der Waals surface area contributed by atoms with E-state index in [1.54, 1.807) is 0 Å². The standard InChI is InChI=1S/C21H17NO/c1-14-6-8-15(9-7-14)12-17-10-11-20-18(21(17)23)13-16-4-2-3-5-19(16)22-20/h2-9,12-13H,10-11H2,1H3/b17-12-. The first kappa shape index (κ1) is 13.9. The van der Waals surface area contributed by atoms with E-state index in [0.717, 1.165) is 46.1 Å². The summed E-state index contributed by atoms with van der Waals surface area (Å²) >= 11 is 0. The number of hydrogen-bond acceptors (Lipinski definition) is 2. The van der Waals surface area contributed by atoms with E-state index < -0.39 is 0 Å². The average Bonchev–Trinajstić information content (AvgIpc) is 2.58. The zero-order chi connectivity index (χ0) is 15.8. The van der Waals surface area contributed by atoms with Crippen LogP contribution in [0.2, 0.25) is 0 Å². The van der Waals surface area contributed by atoms with Gasteiger partial charge in [-0.2, -0.15) is 0 Å². The number of rotatable bonds is 1. The summed E-state index contributed by atoms with van der Waals surface area (Å²) in [6.07, 6.45) is 3.59. The quantitative estimate of drug-likeness (QED) is 0.607. The number of Topliss-reactive ketones (excluding diaryl/α,β-unsaturated/α-hetero) is 1. The molecule has 0 radical (unpaired) electrons. The first-order valence-electron chi connectivity index (χ1n) is 7.91. The van der Waals surface area contributed by atoms with E-state index in [1.807, 2.05) is 36.4 Å². The zero-order valence-electron chi connectivity index (χ0n) is 13.0. The maximum Gasteiger partial charge on any atom is 0.190 e. The van der Waals surface area contributed by atoms with Gasteiger partial charge in [0.05, 0.1) is 11.2 Å². The highest BCUT2D eigenvalue weighted by atomic mass is 16.1. The molecule has 3 aromatic rings. The maximum absolute atomic E-state index is 12.8. The maximum atomic E-state index is 12.8. The minimum Gasteiger partial charge on any atom is -0.289 e. The van der Waals surface area contributed by atoms with Crippen LogP contribution in [0.3, 0.4) is 0 Å². The van der Waals surface area contributed by atoms with E-state index in [-0.39, 0.29) is 5.78 Å². The summed E-state index contributed by atoms with van der Waals surface area (Å²) in [4.78, 5) is 17.5. The van der Waals surface area contributed by atoms with Gasteiger partial charge >= 0.3 is 0 Å². The number of allylic oxidation sites excluding steroid dienone is 1. The van der Waals surface area contributed by atoms with Gasteiger partial charge in [-0.05, 0) is 43.5 Å². The van der Waals surface area contributed by atoms with Crippen molar-refractivity contribution in [2.24, 2.45) is 0 Å². The minimum atomic E-state index is 0.116. The molecule has 2 nitrogen and oxygen atoms in total. The van der Waals surface area contributed by atoms with Crippen LogP contribution >= 0.6 is 0 Å². The Morgan fingerprint density at radius 3 is 2.61 bits per heavy atom. The number of benzene rings is 2. The molecule has 1 aromatic heterocycles. The molecule has 0 fully saturated rings. The summed E-state index contributed by atoms with van der Waals surface area (Å²) in [5.74, 6) is 0.116. The fourth-order valence-corrected chi connectivity index (χ4v) is 3.08. The SMILES string of the molecule is Cc1ccc(/C=C2/CCc3nc4ccccc4cc3C2=O)cc1. The third-order valence-corrected chi connectivity index (χ3v) is 4.39. The largest absolute Gasteiger partial charge is 0.289 e. The van der Waals surface area contributed by atoms with Crippen LogP contribution in [0.4, 0.5) is 0 Å². The molecule has 0 N–H and O–H groups in total. The third-order valence-electron chi connectivity index (χ3n) is 4.39. The lowest BCUT2D eigenvalue weighted by atomic mass is 9.88. The Kier molecular flexibility index (Phi) is 3.30. The van der Waals surface area contributed by atoms with Crippen molar-refractivity contribution in [3.63, 3.8) is 0 Å².